The third-order valence-electron chi connectivity index (χ3n) is 5.17. The number of hydrogen-bond donors (Lipinski definition) is 2. The predicted octanol–water partition coefficient (Wildman–Crippen LogP) is 5.35. The number of benzene rings is 2. The molecule has 2 aromatic rings. The summed E-state index contributed by atoms with van der Waals surface area (Å²) < 4.78 is 31.6. The summed E-state index contributed by atoms with van der Waals surface area (Å²) in [6.45, 7) is 6.08. The molecule has 3 N–H and O–H groups in total. The Balaban J connectivity index is 0.000000380. The number of halogens is 3. The van der Waals surface area contributed by atoms with E-state index < -0.39 is 12.0 Å². The first-order valence-corrected chi connectivity index (χ1v) is 11.9. The van der Waals surface area contributed by atoms with E-state index in [-0.39, 0.29) is 17.1 Å². The summed E-state index contributed by atoms with van der Waals surface area (Å²) in [5, 5.41) is 0.708. The van der Waals surface area contributed by atoms with Crippen LogP contribution in [0.25, 0.3) is 11.1 Å². The second kappa shape index (κ2) is 12.7. The molecule has 0 saturated carbocycles. The molecule has 1 heterocycles. The molecule has 1 atom stereocenters. The van der Waals surface area contributed by atoms with Crippen molar-refractivity contribution in [3.05, 3.63) is 59.1 Å². The van der Waals surface area contributed by atoms with E-state index in [4.69, 9.17) is 17.3 Å². The summed E-state index contributed by atoms with van der Waals surface area (Å²) in [7, 11) is 2.14. The molecule has 0 amide bonds. The number of carbonyl (C=O) groups is 1. The lowest BCUT2D eigenvalue weighted by Gasteiger charge is -2.25. The van der Waals surface area contributed by atoms with Gasteiger partial charge in [-0.3, -0.25) is 0 Å². The third kappa shape index (κ3) is 8.12. The molecular formula is C24H32ClF2N3OS. The monoisotopic (exact) mass is 483 g/mol. The molecular weight excluding hydrogens is 452 g/mol. The number of aldehydes is 1. The molecule has 8 heteroatoms. The maximum Gasteiger partial charge on any atom is 0.295 e. The lowest BCUT2D eigenvalue weighted by Crippen LogP contribution is -2.41. The number of hydrogen-bond acceptors (Lipinski definition) is 5. The maximum atomic E-state index is 14.5. The van der Waals surface area contributed by atoms with Gasteiger partial charge in [-0.05, 0) is 56.2 Å². The molecule has 0 aromatic heterocycles. The maximum absolute atomic E-state index is 14.5. The molecule has 0 spiro atoms. The predicted molar refractivity (Wildman–Crippen MR) is 131 cm³/mol. The number of alkyl halides is 2. The molecule has 3 rings (SSSR count). The van der Waals surface area contributed by atoms with Crippen LogP contribution in [0.2, 0.25) is 5.02 Å². The fourth-order valence-corrected chi connectivity index (χ4v) is 3.88. The minimum atomic E-state index is -3.29. The third-order valence-corrected chi connectivity index (χ3v) is 6.28. The fraction of sp³-hybridized carbons (Fsp3) is 0.458. The summed E-state index contributed by atoms with van der Waals surface area (Å²) in [4.78, 5) is 13.4. The zero-order valence-corrected chi connectivity index (χ0v) is 20.3. The van der Waals surface area contributed by atoms with Crippen molar-refractivity contribution < 1.29 is 13.6 Å². The molecule has 0 radical (unpaired) electrons. The van der Waals surface area contributed by atoms with E-state index in [0.717, 1.165) is 23.1 Å². The first-order chi connectivity index (χ1) is 15.1. The van der Waals surface area contributed by atoms with E-state index in [1.54, 1.807) is 24.3 Å². The van der Waals surface area contributed by atoms with Gasteiger partial charge in [0.25, 0.3) is 5.92 Å². The average Bonchev–Trinajstić information content (AvgIpc) is 2.77. The van der Waals surface area contributed by atoms with E-state index in [2.05, 4.69) is 16.7 Å². The standard InChI is InChI=1S/C18H18ClF2NOS.C6H14N2/c1-12(2)24-22-17(11-23)18(20,21)15-7-3-13(4-8-15)14-5-9-16(19)10-6-14;1-8-4-2-6(7)3-5-8/h3-12,17,22H,1-2H3;6H,2-5,7H2,1H3. The lowest BCUT2D eigenvalue weighted by atomic mass is 9.98. The second-order valence-corrected chi connectivity index (χ2v) is 10.1. The van der Waals surface area contributed by atoms with Crippen LogP contribution in [0.1, 0.15) is 32.3 Å². The van der Waals surface area contributed by atoms with Crippen LogP contribution in [0.4, 0.5) is 8.78 Å². The van der Waals surface area contributed by atoms with Crippen molar-refractivity contribution in [3.63, 3.8) is 0 Å². The van der Waals surface area contributed by atoms with E-state index >= 15 is 0 Å². The SMILES string of the molecule is CC(C)SNC(C=O)C(F)(F)c1ccc(-c2ccc(Cl)cc2)cc1.CN1CCC(N)CC1. The van der Waals surface area contributed by atoms with Crippen LogP contribution in [0.5, 0.6) is 0 Å². The quantitative estimate of drug-likeness (QED) is 0.410. The fourth-order valence-electron chi connectivity index (χ4n) is 3.13. The molecule has 1 aliphatic heterocycles. The smallest absolute Gasteiger partial charge is 0.295 e. The van der Waals surface area contributed by atoms with Crippen LogP contribution in [0.15, 0.2) is 48.5 Å². The molecule has 1 aliphatic rings. The van der Waals surface area contributed by atoms with Gasteiger partial charge < -0.3 is 15.4 Å². The van der Waals surface area contributed by atoms with Gasteiger partial charge in [-0.25, -0.2) is 4.72 Å². The molecule has 4 nitrogen and oxygen atoms in total. The van der Waals surface area contributed by atoms with Crippen molar-refractivity contribution in [2.45, 2.75) is 49.9 Å². The zero-order chi connectivity index (χ0) is 23.7. The normalized spacial score (nSPS) is 16.4. The largest absolute Gasteiger partial charge is 0.328 e. The van der Waals surface area contributed by atoms with Gasteiger partial charge in [0.1, 0.15) is 12.3 Å². The molecule has 1 unspecified atom stereocenters. The first-order valence-electron chi connectivity index (χ1n) is 10.7. The van der Waals surface area contributed by atoms with E-state index in [9.17, 15) is 13.6 Å². The van der Waals surface area contributed by atoms with Gasteiger partial charge in [-0.2, -0.15) is 8.78 Å². The van der Waals surface area contributed by atoms with Crippen molar-refractivity contribution in [2.24, 2.45) is 5.73 Å². The van der Waals surface area contributed by atoms with E-state index in [1.165, 1.54) is 38.1 Å². The molecule has 176 valence electrons. The van der Waals surface area contributed by atoms with Crippen molar-refractivity contribution >= 4 is 29.8 Å². The van der Waals surface area contributed by atoms with Gasteiger partial charge in [0.05, 0.1) is 0 Å². The van der Waals surface area contributed by atoms with Gasteiger partial charge in [0, 0.05) is 21.9 Å². The molecule has 2 aromatic carbocycles. The van der Waals surface area contributed by atoms with Crippen LogP contribution < -0.4 is 10.5 Å². The number of piperidine rings is 1. The molecule has 0 aliphatic carbocycles. The zero-order valence-electron chi connectivity index (χ0n) is 18.7. The first kappa shape index (κ1) is 26.7. The van der Waals surface area contributed by atoms with Crippen molar-refractivity contribution in [1.82, 2.24) is 9.62 Å². The average molecular weight is 484 g/mol. The highest BCUT2D eigenvalue weighted by Crippen LogP contribution is 2.33. The van der Waals surface area contributed by atoms with Crippen molar-refractivity contribution in [1.29, 1.82) is 0 Å². The van der Waals surface area contributed by atoms with Crippen LogP contribution in [0.3, 0.4) is 0 Å². The van der Waals surface area contributed by atoms with Crippen molar-refractivity contribution in [2.75, 3.05) is 20.1 Å². The Hall–Kier alpha value is -1.51. The van der Waals surface area contributed by atoms with Crippen LogP contribution >= 0.6 is 23.5 Å². The number of rotatable bonds is 7. The van der Waals surface area contributed by atoms with Gasteiger partial charge >= 0.3 is 0 Å². The van der Waals surface area contributed by atoms with E-state index in [0.29, 0.717) is 11.1 Å². The number of nitrogens with zero attached hydrogens (tertiary/aromatic N) is 1. The molecule has 0 bridgehead atoms. The van der Waals surface area contributed by atoms with E-state index in [1.807, 2.05) is 26.0 Å². The van der Waals surface area contributed by atoms with Gasteiger partial charge in [0.15, 0.2) is 0 Å². The van der Waals surface area contributed by atoms with Gasteiger partial charge in [0.2, 0.25) is 0 Å². The number of nitrogens with one attached hydrogen (secondary N) is 1. The Kier molecular flexibility index (Phi) is 10.6. The molecule has 1 fully saturated rings. The summed E-state index contributed by atoms with van der Waals surface area (Å²) in [5.41, 5.74) is 7.16. The Bertz CT molecular complexity index is 816. The minimum Gasteiger partial charge on any atom is -0.328 e. The second-order valence-electron chi connectivity index (χ2n) is 8.25. The van der Waals surface area contributed by atoms with Crippen molar-refractivity contribution in [3.8, 4) is 11.1 Å². The van der Waals surface area contributed by atoms with Crippen LogP contribution in [-0.4, -0.2) is 48.7 Å². The Morgan fingerprint density at radius 1 is 1.09 bits per heavy atom. The molecule has 32 heavy (non-hydrogen) atoms. The number of nitrogens with two attached hydrogens (primary N) is 1. The highest BCUT2D eigenvalue weighted by molar-refractivity contribution is 7.98. The number of carbonyl (C=O) groups excluding carboxylic acids is 1. The van der Waals surface area contributed by atoms with Crippen LogP contribution in [0, 0.1) is 0 Å². The highest BCUT2D eigenvalue weighted by Gasteiger charge is 2.41. The Morgan fingerprint density at radius 2 is 1.59 bits per heavy atom. The Morgan fingerprint density at radius 3 is 2.03 bits per heavy atom. The van der Waals surface area contributed by atoms with Crippen LogP contribution in [-0.2, 0) is 10.7 Å². The Labute approximate surface area is 199 Å². The topological polar surface area (TPSA) is 58.4 Å². The highest BCUT2D eigenvalue weighted by atomic mass is 35.5. The minimum absolute atomic E-state index is 0.0931. The summed E-state index contributed by atoms with van der Waals surface area (Å²) in [6.07, 6.45) is 2.61. The molecule has 1 saturated heterocycles. The number of likely N-dealkylation sites (tertiary alicyclic amines) is 1. The summed E-state index contributed by atoms with van der Waals surface area (Å²) >= 11 is 6.96. The van der Waals surface area contributed by atoms with Gasteiger partial charge in [-0.15, -0.1) is 0 Å². The summed E-state index contributed by atoms with van der Waals surface area (Å²) in [6, 6.07) is 12.0. The lowest BCUT2D eigenvalue weighted by molar-refractivity contribution is -0.119. The summed E-state index contributed by atoms with van der Waals surface area (Å²) in [5.74, 6) is -3.29. The van der Waals surface area contributed by atoms with Gasteiger partial charge in [-0.1, -0.05) is 73.8 Å².